The highest BCUT2D eigenvalue weighted by molar-refractivity contribution is 5.94. The maximum Gasteiger partial charge on any atom is 0.254 e. The highest BCUT2D eigenvalue weighted by Crippen LogP contribution is 2.21. The van der Waals surface area contributed by atoms with Crippen molar-refractivity contribution in [2.24, 2.45) is 5.92 Å². The maximum absolute atomic E-state index is 13.0. The first-order chi connectivity index (χ1) is 8.49. The van der Waals surface area contributed by atoms with Gasteiger partial charge in [0.05, 0.1) is 0 Å². The fourth-order valence-corrected chi connectivity index (χ4v) is 2.51. The summed E-state index contributed by atoms with van der Waals surface area (Å²) < 4.78 is 13.0. The van der Waals surface area contributed by atoms with Crippen molar-refractivity contribution in [1.82, 2.24) is 14.8 Å². The summed E-state index contributed by atoms with van der Waals surface area (Å²) >= 11 is 0. The number of hydrogen-bond donors (Lipinski definition) is 0. The Kier molecular flexibility index (Phi) is 3.61. The minimum atomic E-state index is -0.614. The van der Waals surface area contributed by atoms with Crippen molar-refractivity contribution in [3.63, 3.8) is 0 Å². The lowest BCUT2D eigenvalue weighted by Crippen LogP contribution is -2.35. The van der Waals surface area contributed by atoms with Gasteiger partial charge in [0.15, 0.2) is 0 Å². The second-order valence-corrected chi connectivity index (χ2v) is 5.09. The lowest BCUT2D eigenvalue weighted by atomic mass is 10.1. The molecule has 0 radical (unpaired) electrons. The maximum atomic E-state index is 13.0. The van der Waals surface area contributed by atoms with E-state index in [9.17, 15) is 9.18 Å². The molecule has 1 saturated heterocycles. The summed E-state index contributed by atoms with van der Waals surface area (Å²) in [6.07, 6.45) is 1.32. The lowest BCUT2D eigenvalue weighted by Gasteiger charge is -2.22. The summed E-state index contributed by atoms with van der Waals surface area (Å²) in [6, 6.07) is 3.11. The van der Waals surface area contributed by atoms with E-state index in [2.05, 4.69) is 16.8 Å². The molecular formula is C13H18FN3O. The molecular weight excluding hydrogens is 233 g/mol. The molecule has 0 bridgehead atoms. The summed E-state index contributed by atoms with van der Waals surface area (Å²) in [4.78, 5) is 19.6. The standard InChI is InChI=1S/C13H18FN3O/c1-9-7-17(8-11(9)16(2)3)13(18)10-4-5-15-12(14)6-10/h4-6,9,11H,7-8H2,1-3H3. The van der Waals surface area contributed by atoms with Gasteiger partial charge in [-0.05, 0) is 26.1 Å². The summed E-state index contributed by atoms with van der Waals surface area (Å²) in [5, 5.41) is 0. The molecule has 2 atom stereocenters. The number of pyridine rings is 1. The molecule has 4 nitrogen and oxygen atoms in total. The number of nitrogens with zero attached hydrogens (tertiary/aromatic N) is 3. The molecule has 1 aromatic rings. The van der Waals surface area contributed by atoms with Crippen LogP contribution in [0.2, 0.25) is 0 Å². The third kappa shape index (κ3) is 2.51. The lowest BCUT2D eigenvalue weighted by molar-refractivity contribution is 0.0780. The Morgan fingerprint density at radius 3 is 2.78 bits per heavy atom. The molecule has 5 heteroatoms. The van der Waals surface area contributed by atoms with Crippen LogP contribution in [0, 0.1) is 11.9 Å². The highest BCUT2D eigenvalue weighted by Gasteiger charge is 2.33. The van der Waals surface area contributed by atoms with Crippen LogP contribution in [-0.4, -0.2) is 53.9 Å². The SMILES string of the molecule is CC1CN(C(=O)c2ccnc(F)c2)CC1N(C)C. The molecule has 2 heterocycles. The average Bonchev–Trinajstić information content (AvgIpc) is 2.70. The van der Waals surface area contributed by atoms with Crippen LogP contribution in [0.4, 0.5) is 4.39 Å². The first kappa shape index (κ1) is 13.0. The van der Waals surface area contributed by atoms with Gasteiger partial charge in [-0.1, -0.05) is 6.92 Å². The van der Waals surface area contributed by atoms with Gasteiger partial charge in [-0.2, -0.15) is 4.39 Å². The van der Waals surface area contributed by atoms with Crippen LogP contribution in [0.5, 0.6) is 0 Å². The Labute approximate surface area is 106 Å². The van der Waals surface area contributed by atoms with E-state index < -0.39 is 5.95 Å². The van der Waals surface area contributed by atoms with Gasteiger partial charge in [0, 0.05) is 37.0 Å². The van der Waals surface area contributed by atoms with E-state index >= 15 is 0 Å². The molecule has 18 heavy (non-hydrogen) atoms. The van der Waals surface area contributed by atoms with Crippen LogP contribution >= 0.6 is 0 Å². The summed E-state index contributed by atoms with van der Waals surface area (Å²) in [5.74, 6) is -0.305. The number of likely N-dealkylation sites (N-methyl/N-ethyl adjacent to an activating group) is 1. The molecule has 0 N–H and O–H groups in total. The molecule has 0 spiro atoms. The van der Waals surface area contributed by atoms with Crippen LogP contribution in [0.15, 0.2) is 18.3 Å². The molecule has 1 amide bonds. The quantitative estimate of drug-likeness (QED) is 0.742. The minimum absolute atomic E-state index is 0.118. The zero-order valence-corrected chi connectivity index (χ0v) is 10.9. The van der Waals surface area contributed by atoms with Crippen molar-refractivity contribution < 1.29 is 9.18 Å². The monoisotopic (exact) mass is 251 g/mol. The van der Waals surface area contributed by atoms with Gasteiger partial charge in [0.1, 0.15) is 0 Å². The Hall–Kier alpha value is -1.49. The number of amides is 1. The largest absolute Gasteiger partial charge is 0.337 e. The van der Waals surface area contributed by atoms with Gasteiger partial charge in [-0.25, -0.2) is 4.98 Å². The van der Waals surface area contributed by atoms with Crippen LogP contribution in [0.3, 0.4) is 0 Å². The second-order valence-electron chi connectivity index (χ2n) is 5.09. The third-order valence-electron chi connectivity index (χ3n) is 3.50. The van der Waals surface area contributed by atoms with E-state index in [1.807, 2.05) is 14.1 Å². The number of hydrogen-bond acceptors (Lipinski definition) is 3. The Balaban J connectivity index is 2.12. The van der Waals surface area contributed by atoms with E-state index in [0.717, 1.165) is 0 Å². The van der Waals surface area contributed by atoms with Gasteiger partial charge in [0.2, 0.25) is 5.95 Å². The number of rotatable bonds is 2. The molecule has 98 valence electrons. The van der Waals surface area contributed by atoms with Crippen molar-refractivity contribution >= 4 is 5.91 Å². The predicted molar refractivity (Wildman–Crippen MR) is 66.7 cm³/mol. The minimum Gasteiger partial charge on any atom is -0.337 e. The van der Waals surface area contributed by atoms with Crippen molar-refractivity contribution in [2.45, 2.75) is 13.0 Å². The van der Waals surface area contributed by atoms with Crippen LogP contribution in [-0.2, 0) is 0 Å². The summed E-state index contributed by atoms with van der Waals surface area (Å²) in [6.45, 7) is 3.54. The average molecular weight is 251 g/mol. The van der Waals surface area contributed by atoms with Crippen LogP contribution < -0.4 is 0 Å². The molecule has 1 aliphatic heterocycles. The summed E-state index contributed by atoms with van der Waals surface area (Å²) in [5.41, 5.74) is 0.370. The number of carbonyl (C=O) groups is 1. The summed E-state index contributed by atoms with van der Waals surface area (Å²) in [7, 11) is 4.03. The Bertz CT molecular complexity index is 450. The van der Waals surface area contributed by atoms with E-state index in [0.29, 0.717) is 30.6 Å². The zero-order valence-electron chi connectivity index (χ0n) is 10.9. The fraction of sp³-hybridized carbons (Fsp3) is 0.538. The van der Waals surface area contributed by atoms with Gasteiger partial charge in [-0.15, -0.1) is 0 Å². The highest BCUT2D eigenvalue weighted by atomic mass is 19.1. The van der Waals surface area contributed by atoms with Crippen molar-refractivity contribution in [1.29, 1.82) is 0 Å². The molecule has 0 aliphatic carbocycles. The number of halogens is 1. The van der Waals surface area contributed by atoms with Gasteiger partial charge >= 0.3 is 0 Å². The van der Waals surface area contributed by atoms with Gasteiger partial charge in [-0.3, -0.25) is 4.79 Å². The van der Waals surface area contributed by atoms with E-state index in [4.69, 9.17) is 0 Å². The predicted octanol–water partition coefficient (Wildman–Crippen LogP) is 1.24. The first-order valence-electron chi connectivity index (χ1n) is 6.06. The molecule has 2 rings (SSSR count). The molecule has 0 saturated carbocycles. The number of likely N-dealkylation sites (tertiary alicyclic amines) is 1. The first-order valence-corrected chi connectivity index (χ1v) is 6.06. The normalized spacial score (nSPS) is 23.7. The number of aromatic nitrogens is 1. The van der Waals surface area contributed by atoms with E-state index in [1.165, 1.54) is 12.3 Å². The van der Waals surface area contributed by atoms with Gasteiger partial charge < -0.3 is 9.80 Å². The van der Waals surface area contributed by atoms with Gasteiger partial charge in [0.25, 0.3) is 5.91 Å². The Morgan fingerprint density at radius 1 is 1.50 bits per heavy atom. The van der Waals surface area contributed by atoms with E-state index in [1.54, 1.807) is 11.0 Å². The van der Waals surface area contributed by atoms with Crippen molar-refractivity contribution in [3.05, 3.63) is 29.8 Å². The zero-order chi connectivity index (χ0) is 13.3. The number of carbonyl (C=O) groups excluding carboxylic acids is 1. The molecule has 1 aliphatic rings. The molecule has 0 aromatic carbocycles. The topological polar surface area (TPSA) is 36.4 Å². The molecule has 2 unspecified atom stereocenters. The van der Waals surface area contributed by atoms with E-state index in [-0.39, 0.29) is 5.91 Å². The Morgan fingerprint density at radius 2 is 2.22 bits per heavy atom. The van der Waals surface area contributed by atoms with Crippen LogP contribution in [0.25, 0.3) is 0 Å². The fourth-order valence-electron chi connectivity index (χ4n) is 2.51. The second kappa shape index (κ2) is 5.02. The smallest absolute Gasteiger partial charge is 0.254 e. The van der Waals surface area contributed by atoms with Crippen molar-refractivity contribution in [2.75, 3.05) is 27.2 Å². The van der Waals surface area contributed by atoms with Crippen LogP contribution in [0.1, 0.15) is 17.3 Å². The third-order valence-corrected chi connectivity index (χ3v) is 3.50. The molecule has 1 aromatic heterocycles. The molecule has 1 fully saturated rings. The van der Waals surface area contributed by atoms with Crippen molar-refractivity contribution in [3.8, 4) is 0 Å².